The van der Waals surface area contributed by atoms with E-state index < -0.39 is 6.09 Å². The Hall–Kier alpha value is -2.55. The Labute approximate surface area is 178 Å². The lowest BCUT2D eigenvalue weighted by Crippen LogP contribution is -2.31. The second-order valence-corrected chi connectivity index (χ2v) is 8.47. The Morgan fingerprint density at radius 1 is 0.931 bits per heavy atom. The van der Waals surface area contributed by atoms with Crippen LogP contribution in [0.1, 0.15) is 9.75 Å². The summed E-state index contributed by atoms with van der Waals surface area (Å²) in [4.78, 5) is 18.4. The molecule has 0 atom stereocenters. The highest BCUT2D eigenvalue weighted by Gasteiger charge is 2.17. The molecule has 0 aliphatic heterocycles. The van der Waals surface area contributed by atoms with Gasteiger partial charge in [0.2, 0.25) is 0 Å². The third-order valence-corrected chi connectivity index (χ3v) is 5.74. The topological polar surface area (TPSA) is 51.2 Å². The van der Waals surface area contributed by atoms with E-state index in [1.54, 1.807) is 27.6 Å². The van der Waals surface area contributed by atoms with E-state index >= 15 is 0 Å². The molecule has 2 aromatic heterocycles. The number of ether oxygens (including phenoxy) is 3. The van der Waals surface area contributed by atoms with Crippen molar-refractivity contribution in [1.29, 1.82) is 0 Å². The predicted molar refractivity (Wildman–Crippen MR) is 117 cm³/mol. The summed E-state index contributed by atoms with van der Waals surface area (Å²) >= 11 is 3.23. The highest BCUT2D eigenvalue weighted by atomic mass is 32.1. The number of thiophene rings is 2. The first kappa shape index (κ1) is 21.2. The maximum absolute atomic E-state index is 12.5. The van der Waals surface area contributed by atoms with E-state index in [-0.39, 0.29) is 13.6 Å². The van der Waals surface area contributed by atoms with Crippen molar-refractivity contribution in [3.05, 3.63) is 69.0 Å². The lowest BCUT2D eigenvalue weighted by atomic mass is 10.3. The van der Waals surface area contributed by atoms with Crippen molar-refractivity contribution in [1.82, 2.24) is 4.90 Å². The molecule has 3 rings (SSSR count). The number of carbonyl (C=O) groups excluding carboxylic acids is 1. The van der Waals surface area contributed by atoms with Crippen molar-refractivity contribution in [2.45, 2.75) is 13.1 Å². The molecule has 0 spiro atoms. The van der Waals surface area contributed by atoms with Crippen LogP contribution in [0.5, 0.6) is 5.75 Å². The molecule has 3 aromatic rings. The fraction of sp³-hybridized carbons (Fsp3) is 0.286. The fourth-order valence-electron chi connectivity index (χ4n) is 2.54. The van der Waals surface area contributed by atoms with Gasteiger partial charge in [0.25, 0.3) is 0 Å². The van der Waals surface area contributed by atoms with Crippen LogP contribution in [0.15, 0.2) is 59.3 Å². The maximum atomic E-state index is 12.5. The molecule has 8 heteroatoms. The minimum Gasteiger partial charge on any atom is -0.467 e. The van der Waals surface area contributed by atoms with Crippen molar-refractivity contribution in [3.63, 3.8) is 0 Å². The minimum atomic E-state index is -0.415. The van der Waals surface area contributed by atoms with Crippen LogP contribution in [-0.4, -0.2) is 38.7 Å². The molecule has 2 heterocycles. The van der Waals surface area contributed by atoms with Crippen LogP contribution in [0.2, 0.25) is 0 Å². The summed E-state index contributed by atoms with van der Waals surface area (Å²) in [6, 6.07) is 15.6. The molecule has 0 aliphatic carbocycles. The van der Waals surface area contributed by atoms with Crippen molar-refractivity contribution >= 4 is 34.5 Å². The van der Waals surface area contributed by atoms with Gasteiger partial charge in [0, 0.05) is 35.6 Å². The van der Waals surface area contributed by atoms with Gasteiger partial charge in [-0.05, 0) is 35.0 Å². The number of carbonyl (C=O) groups is 1. The Morgan fingerprint density at radius 3 is 2.21 bits per heavy atom. The summed E-state index contributed by atoms with van der Waals surface area (Å²) in [5, 5.41) is 3.99. The maximum Gasteiger partial charge on any atom is 0.412 e. The average molecular weight is 433 g/mol. The lowest BCUT2D eigenvalue weighted by molar-refractivity contribution is -0.0779. The first-order valence-corrected chi connectivity index (χ1v) is 10.8. The molecule has 0 saturated carbocycles. The van der Waals surface area contributed by atoms with Gasteiger partial charge in [0.05, 0.1) is 13.1 Å². The van der Waals surface area contributed by atoms with E-state index in [2.05, 4.69) is 0 Å². The van der Waals surface area contributed by atoms with Crippen LogP contribution in [0, 0.1) is 0 Å². The molecule has 0 unspecified atom stereocenters. The number of amides is 1. The molecule has 1 amide bonds. The molecule has 6 nitrogen and oxygen atoms in total. The van der Waals surface area contributed by atoms with Gasteiger partial charge in [-0.15, -0.1) is 22.7 Å². The van der Waals surface area contributed by atoms with Crippen molar-refractivity contribution in [2.75, 3.05) is 32.6 Å². The predicted octanol–water partition coefficient (Wildman–Crippen LogP) is 5.03. The number of hydrogen-bond donors (Lipinski definition) is 0. The largest absolute Gasteiger partial charge is 0.467 e. The molecule has 29 heavy (non-hydrogen) atoms. The molecule has 154 valence electrons. The van der Waals surface area contributed by atoms with E-state index in [1.165, 1.54) is 0 Å². The summed E-state index contributed by atoms with van der Waals surface area (Å²) in [6.45, 7) is 0.835. The fourth-order valence-corrected chi connectivity index (χ4v) is 3.98. The summed E-state index contributed by atoms with van der Waals surface area (Å²) in [5.74, 6) is 0.694. The zero-order valence-electron chi connectivity index (χ0n) is 16.4. The van der Waals surface area contributed by atoms with Crippen LogP contribution in [0.3, 0.4) is 0 Å². The van der Waals surface area contributed by atoms with Crippen LogP contribution >= 0.6 is 22.7 Å². The summed E-state index contributed by atoms with van der Waals surface area (Å²) in [6.07, 6.45) is -0.415. The van der Waals surface area contributed by atoms with Crippen molar-refractivity contribution < 1.29 is 19.0 Å². The first-order chi connectivity index (χ1) is 14.1. The Morgan fingerprint density at radius 2 is 1.62 bits per heavy atom. The molecule has 1 aromatic carbocycles. The lowest BCUT2D eigenvalue weighted by Gasteiger charge is -2.21. The van der Waals surface area contributed by atoms with E-state index in [1.807, 2.05) is 78.3 Å². The van der Waals surface area contributed by atoms with Crippen LogP contribution < -0.4 is 9.64 Å². The monoisotopic (exact) mass is 432 g/mol. The number of nitrogens with zero attached hydrogens (tertiary/aromatic N) is 2. The quantitative estimate of drug-likeness (QED) is 0.332. The summed E-state index contributed by atoms with van der Waals surface area (Å²) < 4.78 is 16.2. The number of anilines is 1. The van der Waals surface area contributed by atoms with Gasteiger partial charge in [-0.3, -0.25) is 4.90 Å². The van der Waals surface area contributed by atoms with Gasteiger partial charge in [-0.2, -0.15) is 0 Å². The SMILES string of the molecule is CN(C)c1cccc(OCOCOC(=O)N(Cc2cccs2)Cc2cccs2)c1. The molecular formula is C21H24N2O4S2. The van der Waals surface area contributed by atoms with Crippen molar-refractivity contribution in [3.8, 4) is 5.75 Å². The standard InChI is InChI=1S/C21H24N2O4S2/c1-22(2)17-6-3-7-18(12-17)26-15-25-16-27-21(24)23(13-19-8-4-10-28-19)14-20-9-5-11-29-20/h3-12H,13-16H2,1-2H3. The third-order valence-electron chi connectivity index (χ3n) is 4.02. The van der Waals surface area contributed by atoms with E-state index in [9.17, 15) is 4.79 Å². The number of benzene rings is 1. The molecule has 0 aliphatic rings. The van der Waals surface area contributed by atoms with E-state index in [4.69, 9.17) is 14.2 Å². The van der Waals surface area contributed by atoms with Gasteiger partial charge >= 0.3 is 6.09 Å². The van der Waals surface area contributed by atoms with E-state index in [0.29, 0.717) is 18.8 Å². The normalized spacial score (nSPS) is 10.6. The Kier molecular flexibility index (Phi) is 7.92. The zero-order chi connectivity index (χ0) is 20.5. The zero-order valence-corrected chi connectivity index (χ0v) is 18.1. The molecule has 0 saturated heterocycles. The Balaban J connectivity index is 1.45. The third kappa shape index (κ3) is 6.77. The highest BCUT2D eigenvalue weighted by Crippen LogP contribution is 2.20. The molecule has 0 bridgehead atoms. The highest BCUT2D eigenvalue weighted by molar-refractivity contribution is 7.10. The van der Waals surface area contributed by atoms with Gasteiger partial charge < -0.3 is 19.1 Å². The first-order valence-electron chi connectivity index (χ1n) is 9.06. The van der Waals surface area contributed by atoms with Gasteiger partial charge in [0.15, 0.2) is 13.6 Å². The van der Waals surface area contributed by atoms with Gasteiger partial charge in [-0.1, -0.05) is 18.2 Å². The second-order valence-electron chi connectivity index (χ2n) is 6.40. The average Bonchev–Trinajstić information content (AvgIpc) is 3.41. The smallest absolute Gasteiger partial charge is 0.412 e. The van der Waals surface area contributed by atoms with Crippen LogP contribution in [0.4, 0.5) is 10.5 Å². The number of hydrogen-bond acceptors (Lipinski definition) is 7. The van der Waals surface area contributed by atoms with Crippen molar-refractivity contribution in [2.24, 2.45) is 0 Å². The minimum absolute atomic E-state index is 0.0000111. The Bertz CT molecular complexity index is 830. The molecule has 0 radical (unpaired) electrons. The van der Waals surface area contributed by atoms with E-state index in [0.717, 1.165) is 15.4 Å². The van der Waals surface area contributed by atoms with Gasteiger partial charge in [-0.25, -0.2) is 4.79 Å². The summed E-state index contributed by atoms with van der Waals surface area (Å²) in [7, 11) is 3.93. The molecule has 0 fully saturated rings. The van der Waals surface area contributed by atoms with Crippen LogP contribution in [-0.2, 0) is 22.6 Å². The molecule has 0 N–H and O–H groups in total. The van der Waals surface area contributed by atoms with Gasteiger partial charge in [0.1, 0.15) is 5.75 Å². The summed E-state index contributed by atoms with van der Waals surface area (Å²) in [5.41, 5.74) is 1.03. The molecular weight excluding hydrogens is 408 g/mol. The van der Waals surface area contributed by atoms with Crippen LogP contribution in [0.25, 0.3) is 0 Å². The second kappa shape index (κ2) is 10.8. The number of rotatable bonds is 10.